The Morgan fingerprint density at radius 1 is 1.21 bits per heavy atom. The van der Waals surface area contributed by atoms with Gasteiger partial charge in [-0.2, -0.15) is 0 Å². The summed E-state index contributed by atoms with van der Waals surface area (Å²) in [7, 11) is -2.23. The number of sulfonamides is 1. The van der Waals surface area contributed by atoms with Gasteiger partial charge >= 0.3 is 0 Å². The second-order valence-corrected chi connectivity index (χ2v) is 9.85. The fourth-order valence-corrected chi connectivity index (χ4v) is 5.54. The van der Waals surface area contributed by atoms with Crippen molar-refractivity contribution in [1.82, 2.24) is 9.97 Å². The summed E-state index contributed by atoms with van der Waals surface area (Å²) in [5.41, 5.74) is 4.52. The number of hydrogen-bond acceptors (Lipinski definition) is 6. The van der Waals surface area contributed by atoms with Crippen molar-refractivity contribution in [3.05, 3.63) is 59.4 Å². The van der Waals surface area contributed by atoms with Gasteiger partial charge in [-0.15, -0.1) is 0 Å². The summed E-state index contributed by atoms with van der Waals surface area (Å²) in [6.45, 7) is 1.57. The van der Waals surface area contributed by atoms with E-state index in [-0.39, 0.29) is 16.0 Å². The number of amides is 1. The fourth-order valence-electron chi connectivity index (χ4n) is 3.63. The maximum Gasteiger partial charge on any atom is 0.249 e. The standard InChI is InChI=1S/C20H20N4O3S2/c1-12-19(29(21,26)27)28-20(23-12)24(2)18(25)16-9-13-6-7-14(10-15(13)11-16)17-5-3-4-8-22-17/h3-8,10,16H,9,11H2,1-2H3,(H2,21,26,27)/t16-/m1/s1. The van der Waals surface area contributed by atoms with Gasteiger partial charge in [-0.05, 0) is 49.1 Å². The lowest BCUT2D eigenvalue weighted by molar-refractivity contribution is -0.121. The van der Waals surface area contributed by atoms with Gasteiger partial charge in [0.2, 0.25) is 15.9 Å². The summed E-state index contributed by atoms with van der Waals surface area (Å²) < 4.78 is 23.3. The molecule has 0 bridgehead atoms. The third-order valence-corrected chi connectivity index (χ3v) is 7.86. The number of rotatable bonds is 4. The number of fused-ring (bicyclic) bond motifs is 1. The Hall–Kier alpha value is -2.62. The van der Waals surface area contributed by atoms with Crippen molar-refractivity contribution >= 4 is 32.4 Å². The zero-order valence-corrected chi connectivity index (χ0v) is 17.6. The van der Waals surface area contributed by atoms with Crippen LogP contribution in [0.4, 0.5) is 5.13 Å². The Morgan fingerprint density at radius 2 is 1.97 bits per heavy atom. The minimum Gasteiger partial charge on any atom is -0.291 e. The third kappa shape index (κ3) is 3.81. The zero-order chi connectivity index (χ0) is 20.8. The number of pyridine rings is 1. The molecule has 150 valence electrons. The van der Waals surface area contributed by atoms with Gasteiger partial charge in [-0.1, -0.05) is 29.5 Å². The van der Waals surface area contributed by atoms with Gasteiger partial charge in [0.1, 0.15) is 0 Å². The van der Waals surface area contributed by atoms with Gasteiger partial charge in [0.15, 0.2) is 9.34 Å². The summed E-state index contributed by atoms with van der Waals surface area (Å²) in [4.78, 5) is 23.1. The van der Waals surface area contributed by atoms with Crippen LogP contribution >= 0.6 is 11.3 Å². The summed E-state index contributed by atoms with van der Waals surface area (Å²) in [6.07, 6.45) is 3.04. The zero-order valence-electron chi connectivity index (χ0n) is 16.0. The molecule has 1 atom stereocenters. The molecule has 2 aromatic heterocycles. The molecule has 0 radical (unpaired) electrons. The molecule has 7 nitrogen and oxygen atoms in total. The van der Waals surface area contributed by atoms with Crippen LogP contribution in [-0.2, 0) is 27.7 Å². The Kier molecular flexibility index (Phi) is 4.97. The lowest BCUT2D eigenvalue weighted by Gasteiger charge is -2.18. The smallest absolute Gasteiger partial charge is 0.249 e. The van der Waals surface area contributed by atoms with Crippen LogP contribution in [0.2, 0.25) is 0 Å². The van der Waals surface area contributed by atoms with Crippen molar-refractivity contribution in [3.63, 3.8) is 0 Å². The van der Waals surface area contributed by atoms with E-state index in [2.05, 4.69) is 22.1 Å². The van der Waals surface area contributed by atoms with Gasteiger partial charge in [0, 0.05) is 24.7 Å². The molecule has 9 heteroatoms. The lowest BCUT2D eigenvalue weighted by atomic mass is 10.0. The number of aromatic nitrogens is 2. The molecule has 0 saturated heterocycles. The molecular formula is C20H20N4O3S2. The second-order valence-electron chi connectivity index (χ2n) is 7.12. The highest BCUT2D eigenvalue weighted by Gasteiger charge is 2.32. The van der Waals surface area contributed by atoms with Crippen LogP contribution in [0, 0.1) is 12.8 Å². The number of hydrogen-bond donors (Lipinski definition) is 1. The van der Waals surface area contributed by atoms with Crippen LogP contribution in [-0.4, -0.2) is 31.3 Å². The molecule has 4 rings (SSSR count). The van der Waals surface area contributed by atoms with Crippen LogP contribution in [0.15, 0.2) is 46.8 Å². The molecule has 29 heavy (non-hydrogen) atoms. The molecule has 0 saturated carbocycles. The lowest BCUT2D eigenvalue weighted by Crippen LogP contribution is -2.33. The molecule has 1 aliphatic rings. The Balaban J connectivity index is 1.54. The van der Waals surface area contributed by atoms with Gasteiger partial charge in [0.05, 0.1) is 11.4 Å². The number of aryl methyl sites for hydroxylation is 1. The van der Waals surface area contributed by atoms with E-state index in [1.165, 1.54) is 4.90 Å². The average Bonchev–Trinajstić information content (AvgIpc) is 3.30. The van der Waals surface area contributed by atoms with E-state index in [0.717, 1.165) is 33.7 Å². The first-order valence-corrected chi connectivity index (χ1v) is 11.4. The van der Waals surface area contributed by atoms with E-state index in [1.54, 1.807) is 20.2 Å². The number of carbonyl (C=O) groups excluding carboxylic acids is 1. The van der Waals surface area contributed by atoms with Crippen molar-refractivity contribution in [2.24, 2.45) is 11.1 Å². The number of anilines is 1. The maximum absolute atomic E-state index is 13.0. The molecule has 2 N–H and O–H groups in total. The van der Waals surface area contributed by atoms with Gasteiger partial charge in [-0.3, -0.25) is 14.7 Å². The number of nitrogens with two attached hydrogens (primary N) is 1. The van der Waals surface area contributed by atoms with E-state index < -0.39 is 10.0 Å². The van der Waals surface area contributed by atoms with Crippen LogP contribution in [0.1, 0.15) is 16.8 Å². The molecule has 3 aromatic rings. The largest absolute Gasteiger partial charge is 0.291 e. The molecule has 1 amide bonds. The average molecular weight is 429 g/mol. The van der Waals surface area contributed by atoms with E-state index in [4.69, 9.17) is 5.14 Å². The minimum atomic E-state index is -3.85. The number of carbonyl (C=O) groups is 1. The third-order valence-electron chi connectivity index (χ3n) is 5.07. The van der Waals surface area contributed by atoms with Gasteiger partial charge in [-0.25, -0.2) is 18.5 Å². The minimum absolute atomic E-state index is 0.0122. The normalized spacial score (nSPS) is 15.9. The van der Waals surface area contributed by atoms with E-state index >= 15 is 0 Å². The van der Waals surface area contributed by atoms with Gasteiger partial charge < -0.3 is 0 Å². The molecule has 0 spiro atoms. The topological polar surface area (TPSA) is 106 Å². The Morgan fingerprint density at radius 3 is 2.62 bits per heavy atom. The van der Waals surface area contributed by atoms with E-state index in [9.17, 15) is 13.2 Å². The second kappa shape index (κ2) is 7.33. The molecular weight excluding hydrogens is 408 g/mol. The monoisotopic (exact) mass is 428 g/mol. The van der Waals surface area contributed by atoms with Gasteiger partial charge in [0.25, 0.3) is 0 Å². The molecule has 0 fully saturated rings. The highest BCUT2D eigenvalue weighted by atomic mass is 32.2. The summed E-state index contributed by atoms with van der Waals surface area (Å²) in [6, 6.07) is 12.0. The van der Waals surface area contributed by atoms with Crippen molar-refractivity contribution in [2.45, 2.75) is 24.0 Å². The van der Waals surface area contributed by atoms with Crippen LogP contribution in [0.25, 0.3) is 11.3 Å². The predicted octanol–water partition coefficient (Wildman–Crippen LogP) is 2.54. The van der Waals surface area contributed by atoms with E-state index in [0.29, 0.717) is 23.7 Å². The maximum atomic E-state index is 13.0. The van der Waals surface area contributed by atoms with Crippen molar-refractivity contribution in [2.75, 3.05) is 11.9 Å². The fraction of sp³-hybridized carbons (Fsp3) is 0.250. The molecule has 1 aromatic carbocycles. The Bertz CT molecular complexity index is 1190. The molecule has 0 aliphatic heterocycles. The Labute approximate surface area is 173 Å². The quantitative estimate of drug-likeness (QED) is 0.687. The van der Waals surface area contributed by atoms with Crippen LogP contribution in [0.5, 0.6) is 0 Å². The predicted molar refractivity (Wildman–Crippen MR) is 112 cm³/mol. The number of thiazole rings is 1. The first kappa shape index (κ1) is 19.7. The SMILES string of the molecule is Cc1nc(N(C)C(=O)[C@@H]2Cc3ccc(-c4ccccn4)cc3C2)sc1S(N)(=O)=O. The molecule has 0 unspecified atom stereocenters. The van der Waals surface area contributed by atoms with E-state index in [1.807, 2.05) is 24.3 Å². The van der Waals surface area contributed by atoms with Crippen molar-refractivity contribution in [1.29, 1.82) is 0 Å². The highest BCUT2D eigenvalue weighted by molar-refractivity contribution is 7.91. The first-order valence-electron chi connectivity index (χ1n) is 9.05. The van der Waals surface area contributed by atoms with Crippen molar-refractivity contribution < 1.29 is 13.2 Å². The summed E-state index contributed by atoms with van der Waals surface area (Å²) >= 11 is 0.918. The molecule has 2 heterocycles. The van der Waals surface area contributed by atoms with Crippen molar-refractivity contribution in [3.8, 4) is 11.3 Å². The number of nitrogens with zero attached hydrogens (tertiary/aromatic N) is 3. The summed E-state index contributed by atoms with van der Waals surface area (Å²) in [5, 5.41) is 5.56. The van der Waals surface area contributed by atoms with Crippen LogP contribution < -0.4 is 10.0 Å². The number of primary sulfonamides is 1. The first-order chi connectivity index (χ1) is 13.7. The summed E-state index contributed by atoms with van der Waals surface area (Å²) in [5.74, 6) is -0.300. The van der Waals surface area contributed by atoms with Crippen LogP contribution in [0.3, 0.4) is 0 Å². The highest BCUT2D eigenvalue weighted by Crippen LogP contribution is 2.34. The number of benzene rings is 1. The molecule has 1 aliphatic carbocycles.